The number of ether oxygens (including phenoxy) is 1. The third-order valence-corrected chi connectivity index (χ3v) is 5.06. The van der Waals surface area contributed by atoms with Crippen LogP contribution in [0.5, 0.6) is 0 Å². The molecule has 0 saturated carbocycles. The van der Waals surface area contributed by atoms with Gasteiger partial charge in [0.1, 0.15) is 0 Å². The third-order valence-electron chi connectivity index (χ3n) is 2.72. The average molecular weight is 339 g/mol. The van der Waals surface area contributed by atoms with Crippen LogP contribution in [-0.4, -0.2) is 36.6 Å². The molecular weight excluding hydrogens is 321 g/mol. The van der Waals surface area contributed by atoms with Crippen molar-refractivity contribution in [3.8, 4) is 0 Å². The molecule has 0 radical (unpaired) electrons. The molecule has 9 heteroatoms. The summed E-state index contributed by atoms with van der Waals surface area (Å²) in [4.78, 5) is -0.998. The second-order valence-electron chi connectivity index (χ2n) is 4.47. The van der Waals surface area contributed by atoms with Crippen LogP contribution in [-0.2, 0) is 25.0 Å². The maximum absolute atomic E-state index is 12.9. The molecule has 21 heavy (non-hydrogen) atoms. The van der Waals surface area contributed by atoms with Crippen LogP contribution in [0.15, 0.2) is 34.1 Å². The molecule has 6 nitrogen and oxygen atoms in total. The van der Waals surface area contributed by atoms with E-state index in [0.717, 1.165) is 18.6 Å². The van der Waals surface area contributed by atoms with Gasteiger partial charge in [0.15, 0.2) is 0 Å². The van der Waals surface area contributed by atoms with Gasteiger partial charge in [0, 0.05) is 13.2 Å². The highest BCUT2D eigenvalue weighted by molar-refractivity contribution is 7.89. The van der Waals surface area contributed by atoms with E-state index in [2.05, 4.69) is 4.72 Å². The van der Waals surface area contributed by atoms with Crippen molar-refractivity contribution in [3.05, 3.63) is 24.3 Å². The lowest BCUT2D eigenvalue weighted by molar-refractivity contribution is 0.171. The van der Waals surface area contributed by atoms with E-state index < -0.39 is 31.2 Å². The number of hydrogen-bond acceptors (Lipinski definition) is 5. The summed E-state index contributed by atoms with van der Waals surface area (Å²) in [6, 6.07) is 3.72. The predicted octanol–water partition coefficient (Wildman–Crippen LogP) is 1.44. The van der Waals surface area contributed by atoms with Gasteiger partial charge in [-0.15, -0.1) is 3.89 Å². The zero-order chi connectivity index (χ0) is 16.1. The van der Waals surface area contributed by atoms with Crippen LogP contribution < -0.4 is 4.72 Å². The van der Waals surface area contributed by atoms with Crippen LogP contribution in [0.2, 0.25) is 0 Å². The Balaban J connectivity index is 3.07. The van der Waals surface area contributed by atoms with E-state index in [1.54, 1.807) is 0 Å². The van der Waals surface area contributed by atoms with E-state index in [0.29, 0.717) is 6.42 Å². The van der Waals surface area contributed by atoms with Crippen LogP contribution in [0.1, 0.15) is 19.8 Å². The molecule has 1 rings (SSSR count). The lowest BCUT2D eigenvalue weighted by atomic mass is 10.2. The van der Waals surface area contributed by atoms with E-state index in [1.165, 1.54) is 19.2 Å². The summed E-state index contributed by atoms with van der Waals surface area (Å²) in [5.74, 6) is 0. The number of rotatable bonds is 8. The summed E-state index contributed by atoms with van der Waals surface area (Å²) in [7, 11) is -7.45. The van der Waals surface area contributed by atoms with Crippen molar-refractivity contribution in [1.29, 1.82) is 0 Å². The average Bonchev–Trinajstić information content (AvgIpc) is 2.38. The molecule has 1 atom stereocenters. The zero-order valence-corrected chi connectivity index (χ0v) is 13.4. The molecule has 0 fully saturated rings. The molecule has 1 N–H and O–H groups in total. The second-order valence-corrected chi connectivity index (χ2v) is 7.54. The van der Waals surface area contributed by atoms with Crippen molar-refractivity contribution < 1.29 is 25.5 Å². The molecule has 0 heterocycles. The van der Waals surface area contributed by atoms with Gasteiger partial charge in [0.2, 0.25) is 10.0 Å². The summed E-state index contributed by atoms with van der Waals surface area (Å²) < 4.78 is 66.3. The van der Waals surface area contributed by atoms with Gasteiger partial charge in [0.05, 0.1) is 16.4 Å². The highest BCUT2D eigenvalue weighted by atomic mass is 32.3. The summed E-state index contributed by atoms with van der Waals surface area (Å²) in [5.41, 5.74) is 0. The summed E-state index contributed by atoms with van der Waals surface area (Å²) in [6.45, 7) is 2.08. The molecule has 1 aromatic rings. The minimum absolute atomic E-state index is 0.189. The van der Waals surface area contributed by atoms with E-state index >= 15 is 0 Å². The topological polar surface area (TPSA) is 89.5 Å². The molecule has 0 aliphatic heterocycles. The van der Waals surface area contributed by atoms with Gasteiger partial charge in [-0.25, -0.2) is 13.1 Å². The minimum atomic E-state index is -4.95. The first kappa shape index (κ1) is 18.0. The third kappa shape index (κ3) is 5.34. The Hall–Kier alpha value is -1.03. The molecule has 0 aliphatic rings. The monoisotopic (exact) mass is 339 g/mol. The van der Waals surface area contributed by atoms with Crippen molar-refractivity contribution in [2.45, 2.75) is 35.6 Å². The first-order valence-corrected chi connectivity index (χ1v) is 9.13. The fourth-order valence-electron chi connectivity index (χ4n) is 1.81. The highest BCUT2D eigenvalue weighted by Crippen LogP contribution is 2.18. The summed E-state index contributed by atoms with van der Waals surface area (Å²) in [5, 5.41) is 0. The van der Waals surface area contributed by atoms with Gasteiger partial charge in [-0.1, -0.05) is 19.4 Å². The summed E-state index contributed by atoms with van der Waals surface area (Å²) >= 11 is 0. The number of hydrogen-bond donors (Lipinski definition) is 1. The maximum Gasteiger partial charge on any atom is 0.332 e. The van der Waals surface area contributed by atoms with Crippen LogP contribution in [0.3, 0.4) is 0 Å². The molecular formula is C12H18FNO5S2. The van der Waals surface area contributed by atoms with Gasteiger partial charge in [-0.2, -0.15) is 8.42 Å². The van der Waals surface area contributed by atoms with Gasteiger partial charge in [-0.3, -0.25) is 0 Å². The van der Waals surface area contributed by atoms with Crippen LogP contribution >= 0.6 is 0 Å². The molecule has 1 unspecified atom stereocenters. The molecule has 1 aromatic carbocycles. The van der Waals surface area contributed by atoms with Gasteiger partial charge in [0.25, 0.3) is 0 Å². The predicted molar refractivity (Wildman–Crippen MR) is 75.6 cm³/mol. The first-order valence-electron chi connectivity index (χ1n) is 6.26. The van der Waals surface area contributed by atoms with Gasteiger partial charge < -0.3 is 4.74 Å². The van der Waals surface area contributed by atoms with E-state index in [9.17, 15) is 20.7 Å². The molecule has 0 amide bonds. The SMILES string of the molecule is CCCC(COC)NS(=O)(=O)c1cccc(S(=O)(=O)F)c1. The number of halogens is 1. The number of methoxy groups -OCH3 is 1. The van der Waals surface area contributed by atoms with E-state index in [4.69, 9.17) is 4.74 Å². The molecule has 0 aliphatic carbocycles. The lowest BCUT2D eigenvalue weighted by Gasteiger charge is -2.17. The summed E-state index contributed by atoms with van der Waals surface area (Å²) in [6.07, 6.45) is 1.31. The second kappa shape index (κ2) is 7.30. The number of benzene rings is 1. The lowest BCUT2D eigenvalue weighted by Crippen LogP contribution is -2.37. The Kier molecular flexibility index (Phi) is 6.26. The Morgan fingerprint density at radius 3 is 2.38 bits per heavy atom. The molecule has 0 saturated heterocycles. The van der Waals surface area contributed by atoms with Crippen LogP contribution in [0, 0.1) is 0 Å². The Morgan fingerprint density at radius 1 is 1.24 bits per heavy atom. The normalized spacial score (nSPS) is 14.0. The smallest absolute Gasteiger partial charge is 0.332 e. The standard InChI is InChI=1S/C12H18FNO5S2/c1-3-5-10(9-19-2)14-21(17,18)12-7-4-6-11(8-12)20(13,15)16/h4,6-8,10,14H,3,5,9H2,1-2H3. The number of nitrogens with one attached hydrogen (secondary N) is 1. The van der Waals surface area contributed by atoms with Gasteiger partial charge in [-0.05, 0) is 24.6 Å². The van der Waals surface area contributed by atoms with Crippen LogP contribution in [0.25, 0.3) is 0 Å². The van der Waals surface area contributed by atoms with Crippen molar-refractivity contribution in [2.75, 3.05) is 13.7 Å². The van der Waals surface area contributed by atoms with Crippen molar-refractivity contribution in [3.63, 3.8) is 0 Å². The Bertz CT molecular complexity index is 667. The van der Waals surface area contributed by atoms with Crippen LogP contribution in [0.4, 0.5) is 3.89 Å². The van der Waals surface area contributed by atoms with Crippen molar-refractivity contribution >= 4 is 20.2 Å². The zero-order valence-electron chi connectivity index (χ0n) is 11.7. The Labute approximate surface area is 124 Å². The van der Waals surface area contributed by atoms with E-state index in [1.807, 2.05) is 6.92 Å². The number of sulfonamides is 1. The highest BCUT2D eigenvalue weighted by Gasteiger charge is 2.22. The molecule has 0 spiro atoms. The van der Waals surface area contributed by atoms with E-state index in [-0.39, 0.29) is 11.5 Å². The molecule has 120 valence electrons. The molecule has 0 aromatic heterocycles. The molecule has 0 bridgehead atoms. The van der Waals surface area contributed by atoms with Crippen molar-refractivity contribution in [2.24, 2.45) is 0 Å². The van der Waals surface area contributed by atoms with Crippen molar-refractivity contribution in [1.82, 2.24) is 4.72 Å². The first-order chi connectivity index (χ1) is 9.70. The fraction of sp³-hybridized carbons (Fsp3) is 0.500. The fourth-order valence-corrected chi connectivity index (χ4v) is 3.69. The minimum Gasteiger partial charge on any atom is -0.383 e. The van der Waals surface area contributed by atoms with Gasteiger partial charge >= 0.3 is 10.2 Å². The Morgan fingerprint density at radius 2 is 1.86 bits per heavy atom. The maximum atomic E-state index is 12.9. The quantitative estimate of drug-likeness (QED) is 0.724. The largest absolute Gasteiger partial charge is 0.383 e.